The van der Waals surface area contributed by atoms with E-state index < -0.39 is 0 Å². The number of hydrogen-bond donors (Lipinski definition) is 0. The van der Waals surface area contributed by atoms with Crippen molar-refractivity contribution in [2.24, 2.45) is 10.9 Å². The summed E-state index contributed by atoms with van der Waals surface area (Å²) >= 11 is 1.60. The van der Waals surface area contributed by atoms with E-state index in [9.17, 15) is 4.79 Å². The van der Waals surface area contributed by atoms with Gasteiger partial charge in [0.25, 0.3) is 5.91 Å². The minimum absolute atomic E-state index is 0.0258. The maximum Gasteiger partial charge on any atom is 0.286 e. The molecule has 3 aliphatic heterocycles. The topological polar surface area (TPSA) is 41.9 Å². The molecule has 0 atom stereocenters. The molecule has 142 valence electrons. The number of allylic oxidation sites excluding steroid dienone is 1. The fraction of sp³-hybridized carbons (Fsp3) is 0.545. The number of hydrogen-bond acceptors (Lipinski definition) is 4. The van der Waals surface area contributed by atoms with Crippen LogP contribution in [0.15, 0.2) is 39.7 Å². The molecule has 1 amide bonds. The normalized spacial score (nSPS) is 26.6. The SMILES string of the molecule is CC(=C1SC(N2CCC3(CC2)OCc2ccccc23)=NC1=O)C1CCCC1. The highest BCUT2D eigenvalue weighted by Gasteiger charge is 2.43. The van der Waals surface area contributed by atoms with Crippen molar-refractivity contribution >= 4 is 22.8 Å². The number of rotatable bonds is 1. The smallest absolute Gasteiger partial charge is 0.286 e. The summed E-state index contributed by atoms with van der Waals surface area (Å²) < 4.78 is 6.26. The van der Waals surface area contributed by atoms with Gasteiger partial charge < -0.3 is 9.64 Å². The van der Waals surface area contributed by atoms with Crippen LogP contribution in [0.2, 0.25) is 0 Å². The number of piperidine rings is 1. The minimum atomic E-state index is -0.140. The zero-order valence-electron chi connectivity index (χ0n) is 15.9. The molecule has 0 bridgehead atoms. The molecule has 1 saturated carbocycles. The molecule has 1 saturated heterocycles. The molecule has 0 radical (unpaired) electrons. The maximum atomic E-state index is 12.5. The number of aliphatic imine (C=N–C) groups is 1. The van der Waals surface area contributed by atoms with Crippen molar-refractivity contribution in [3.05, 3.63) is 45.9 Å². The molecule has 1 spiro atoms. The van der Waals surface area contributed by atoms with Gasteiger partial charge in [-0.15, -0.1) is 0 Å². The monoisotopic (exact) mass is 382 g/mol. The first-order chi connectivity index (χ1) is 13.2. The lowest BCUT2D eigenvalue weighted by Crippen LogP contribution is -2.44. The van der Waals surface area contributed by atoms with Crippen molar-refractivity contribution < 1.29 is 9.53 Å². The van der Waals surface area contributed by atoms with Crippen LogP contribution in [0.5, 0.6) is 0 Å². The Bertz CT molecular complexity index is 830. The van der Waals surface area contributed by atoms with Crippen molar-refractivity contribution in [3.63, 3.8) is 0 Å². The third-order valence-electron chi connectivity index (χ3n) is 6.76. The number of amides is 1. The van der Waals surface area contributed by atoms with Gasteiger partial charge in [-0.2, -0.15) is 4.99 Å². The van der Waals surface area contributed by atoms with Crippen molar-refractivity contribution in [1.82, 2.24) is 4.90 Å². The molecule has 3 heterocycles. The third-order valence-corrected chi connectivity index (χ3v) is 8.00. The number of benzene rings is 1. The fourth-order valence-corrected chi connectivity index (χ4v) is 6.16. The van der Waals surface area contributed by atoms with Crippen LogP contribution in [0.3, 0.4) is 0 Å². The average Bonchev–Trinajstić information content (AvgIpc) is 3.43. The Kier molecular flexibility index (Phi) is 4.40. The summed E-state index contributed by atoms with van der Waals surface area (Å²) in [5, 5.41) is 0.897. The van der Waals surface area contributed by atoms with E-state index in [1.165, 1.54) is 42.4 Å². The summed E-state index contributed by atoms with van der Waals surface area (Å²) in [4.78, 5) is 20.1. The highest BCUT2D eigenvalue weighted by molar-refractivity contribution is 8.18. The fourth-order valence-electron chi connectivity index (χ4n) is 5.08. The van der Waals surface area contributed by atoms with Crippen LogP contribution in [0.25, 0.3) is 0 Å². The Morgan fingerprint density at radius 1 is 1.22 bits per heavy atom. The lowest BCUT2D eigenvalue weighted by Gasteiger charge is -2.39. The number of nitrogens with zero attached hydrogens (tertiary/aromatic N) is 2. The Balaban J connectivity index is 1.29. The quantitative estimate of drug-likeness (QED) is 0.666. The standard InChI is InChI=1S/C22H26N2O2S/c1-15(16-6-2-3-7-16)19-20(25)23-21(27-19)24-12-10-22(11-13-24)18-9-5-4-8-17(18)14-26-22/h4-5,8-9,16H,2-3,6-7,10-14H2,1H3. The zero-order chi connectivity index (χ0) is 18.4. The number of fused-ring (bicyclic) bond motifs is 2. The largest absolute Gasteiger partial charge is 0.365 e. The molecule has 0 N–H and O–H groups in total. The first kappa shape index (κ1) is 17.5. The minimum Gasteiger partial charge on any atom is -0.365 e. The van der Waals surface area contributed by atoms with Gasteiger partial charge in [-0.05, 0) is 61.4 Å². The van der Waals surface area contributed by atoms with E-state index in [0.29, 0.717) is 5.92 Å². The number of amidine groups is 1. The molecule has 27 heavy (non-hydrogen) atoms. The summed E-state index contributed by atoms with van der Waals surface area (Å²) in [7, 11) is 0. The van der Waals surface area contributed by atoms with Gasteiger partial charge in [0.15, 0.2) is 5.17 Å². The van der Waals surface area contributed by atoms with Crippen LogP contribution in [-0.4, -0.2) is 29.1 Å². The van der Waals surface area contributed by atoms with Gasteiger partial charge >= 0.3 is 0 Å². The molecular weight excluding hydrogens is 356 g/mol. The van der Waals surface area contributed by atoms with Gasteiger partial charge in [0.1, 0.15) is 0 Å². The molecule has 5 heteroatoms. The van der Waals surface area contributed by atoms with Gasteiger partial charge in [-0.3, -0.25) is 4.79 Å². The Morgan fingerprint density at radius 3 is 2.74 bits per heavy atom. The Hall–Kier alpha value is -1.59. The van der Waals surface area contributed by atoms with E-state index in [4.69, 9.17) is 4.74 Å². The Morgan fingerprint density at radius 2 is 1.96 bits per heavy atom. The van der Waals surface area contributed by atoms with Gasteiger partial charge in [-0.1, -0.05) is 42.7 Å². The second-order valence-corrected chi connectivity index (χ2v) is 9.20. The van der Waals surface area contributed by atoms with E-state index in [0.717, 1.165) is 42.6 Å². The van der Waals surface area contributed by atoms with Gasteiger partial charge in [0.05, 0.1) is 17.1 Å². The number of ether oxygens (including phenoxy) is 1. The lowest BCUT2D eigenvalue weighted by atomic mass is 9.84. The van der Waals surface area contributed by atoms with Crippen molar-refractivity contribution in [1.29, 1.82) is 0 Å². The molecular formula is C22H26N2O2S. The summed E-state index contributed by atoms with van der Waals surface area (Å²) in [6.45, 7) is 4.65. The van der Waals surface area contributed by atoms with Gasteiger partial charge in [0.2, 0.25) is 0 Å². The zero-order valence-corrected chi connectivity index (χ0v) is 16.7. The molecule has 1 aromatic rings. The molecule has 4 aliphatic rings. The summed E-state index contributed by atoms with van der Waals surface area (Å²) in [5.74, 6) is 0.557. The van der Waals surface area contributed by atoms with Crippen molar-refractivity contribution in [2.45, 2.75) is 57.7 Å². The van der Waals surface area contributed by atoms with E-state index in [1.54, 1.807) is 11.8 Å². The summed E-state index contributed by atoms with van der Waals surface area (Å²) in [6, 6.07) is 8.59. The van der Waals surface area contributed by atoms with E-state index in [1.807, 2.05) is 0 Å². The highest BCUT2D eigenvalue weighted by Crippen LogP contribution is 2.45. The van der Waals surface area contributed by atoms with Crippen LogP contribution < -0.4 is 0 Å². The first-order valence-electron chi connectivity index (χ1n) is 10.2. The first-order valence-corrected chi connectivity index (χ1v) is 11.0. The van der Waals surface area contributed by atoms with Gasteiger partial charge in [0, 0.05) is 13.1 Å². The number of likely N-dealkylation sites (tertiary alicyclic amines) is 1. The predicted molar refractivity (Wildman–Crippen MR) is 108 cm³/mol. The second kappa shape index (κ2) is 6.78. The molecule has 1 aliphatic carbocycles. The van der Waals surface area contributed by atoms with Gasteiger partial charge in [-0.25, -0.2) is 0 Å². The van der Waals surface area contributed by atoms with Crippen LogP contribution in [-0.2, 0) is 21.7 Å². The molecule has 0 unspecified atom stereocenters. The third kappa shape index (κ3) is 2.95. The second-order valence-electron chi connectivity index (χ2n) is 8.22. The van der Waals surface area contributed by atoms with Crippen LogP contribution in [0.1, 0.15) is 56.6 Å². The van der Waals surface area contributed by atoms with E-state index >= 15 is 0 Å². The summed E-state index contributed by atoms with van der Waals surface area (Å²) in [6.07, 6.45) is 6.94. The molecule has 1 aromatic carbocycles. The number of carbonyl (C=O) groups is 1. The lowest BCUT2D eigenvalue weighted by molar-refractivity contribution is -0.113. The number of carbonyl (C=O) groups excluding carboxylic acids is 1. The highest BCUT2D eigenvalue weighted by atomic mass is 32.2. The maximum absolute atomic E-state index is 12.5. The summed E-state index contributed by atoms with van der Waals surface area (Å²) in [5.41, 5.74) is 3.81. The van der Waals surface area contributed by atoms with E-state index in [-0.39, 0.29) is 11.5 Å². The van der Waals surface area contributed by atoms with Crippen LogP contribution >= 0.6 is 11.8 Å². The Labute approximate surface area is 165 Å². The van der Waals surface area contributed by atoms with E-state index in [2.05, 4.69) is 41.1 Å². The van der Waals surface area contributed by atoms with Crippen LogP contribution in [0.4, 0.5) is 0 Å². The molecule has 2 fully saturated rings. The predicted octanol–water partition coefficient (Wildman–Crippen LogP) is 4.60. The molecule has 4 nitrogen and oxygen atoms in total. The van der Waals surface area contributed by atoms with Crippen molar-refractivity contribution in [3.8, 4) is 0 Å². The average molecular weight is 383 g/mol. The molecule has 5 rings (SSSR count). The molecule has 0 aromatic heterocycles. The van der Waals surface area contributed by atoms with Crippen LogP contribution in [0, 0.1) is 5.92 Å². The van der Waals surface area contributed by atoms with Crippen molar-refractivity contribution in [2.75, 3.05) is 13.1 Å². The number of thioether (sulfide) groups is 1.